The van der Waals surface area contributed by atoms with Crippen molar-refractivity contribution in [3.8, 4) is 0 Å². The Bertz CT molecular complexity index is 2890. The second-order valence-electron chi connectivity index (χ2n) is 24.4. The molecule has 4 aliphatic rings. The molecular weight excluding hydrogens is 995 g/mol. The highest BCUT2D eigenvalue weighted by atomic mass is 16.2. The molecule has 16 heteroatoms. The molecule has 7 amide bonds. The fourth-order valence-electron chi connectivity index (χ4n) is 11.8. The summed E-state index contributed by atoms with van der Waals surface area (Å²) in [6.45, 7) is 15.3. The van der Waals surface area contributed by atoms with Gasteiger partial charge in [-0.25, -0.2) is 0 Å². The standard InChI is InChI=1S/C63H83N9O7/c1-38(64-9)55(73)68-53(62(3,4)5)60(78)71-36-45-22-12-11-21-44(45)33-52(71)59(77)70(50-28-18-24-42-20-14-16-26-48(42)50)35-40-29-31-43(32-30-40)57(75)66-46-34-51(58(76)67-49-27-17-23-41-19-13-15-25-47(41)49)72(37-46)61(79)54(63(6,7)8)69-56(74)39(2)65-10/h11-16,19-22,25-26,29-32,38-39,46,49-54,64-65H,17-18,23-24,27-28,33-37H2,1-10H3,(H,66,75)(H,67,76)(H,68,73)(H,69,74)/t38-,39-,46?,49?,50?,51-,52-,53+,54+/m0/s1. The van der Waals surface area contributed by atoms with E-state index in [1.807, 2.05) is 113 Å². The largest absolute Gasteiger partial charge is 0.347 e. The van der Waals surface area contributed by atoms with Gasteiger partial charge in [0.25, 0.3) is 5.91 Å². The van der Waals surface area contributed by atoms with Crippen LogP contribution in [0.3, 0.4) is 0 Å². The molecule has 3 unspecified atom stereocenters. The second kappa shape index (κ2) is 24.6. The van der Waals surface area contributed by atoms with E-state index in [0.717, 1.165) is 66.3 Å². The lowest BCUT2D eigenvalue weighted by molar-refractivity contribution is -0.152. The van der Waals surface area contributed by atoms with Crippen molar-refractivity contribution in [2.24, 2.45) is 10.8 Å². The monoisotopic (exact) mass is 1080 g/mol. The van der Waals surface area contributed by atoms with E-state index in [-0.39, 0.29) is 73.6 Å². The molecule has 0 radical (unpaired) electrons. The van der Waals surface area contributed by atoms with Gasteiger partial charge in [0.15, 0.2) is 0 Å². The summed E-state index contributed by atoms with van der Waals surface area (Å²) in [5, 5.41) is 18.3. The summed E-state index contributed by atoms with van der Waals surface area (Å²) < 4.78 is 0. The number of nitrogens with one attached hydrogen (secondary N) is 6. The van der Waals surface area contributed by atoms with E-state index in [4.69, 9.17) is 0 Å². The number of rotatable bonds is 16. The van der Waals surface area contributed by atoms with Crippen LogP contribution in [0.1, 0.15) is 149 Å². The number of hydrogen-bond donors (Lipinski definition) is 6. The third-order valence-electron chi connectivity index (χ3n) is 16.7. The number of aryl methyl sites for hydroxylation is 2. The van der Waals surface area contributed by atoms with Crippen molar-refractivity contribution in [1.82, 2.24) is 46.6 Å². The zero-order valence-electron chi connectivity index (χ0n) is 47.9. The lowest BCUT2D eigenvalue weighted by atomic mass is 9.83. The summed E-state index contributed by atoms with van der Waals surface area (Å²) in [6.07, 6.45) is 5.51. The SMILES string of the molecule is CN[C@@H](C)C(=O)N[C@H](C(=O)N1CC(NC(=O)c2ccc(CN(C(=O)[C@@H]3Cc4ccccc4CN3C(=O)[C@@H](NC(=O)[C@H](C)NC)C(C)(C)C)C3CCCc4ccccc43)cc2)C[C@H]1C(=O)NC1CCCc2ccccc21)C(C)(C)C. The Morgan fingerprint density at radius 2 is 1.13 bits per heavy atom. The first kappa shape index (κ1) is 58.2. The molecule has 422 valence electrons. The highest BCUT2D eigenvalue weighted by molar-refractivity contribution is 5.97. The number of carbonyl (C=O) groups excluding carboxylic acids is 7. The van der Waals surface area contributed by atoms with E-state index >= 15 is 9.59 Å². The van der Waals surface area contributed by atoms with E-state index in [0.29, 0.717) is 12.0 Å². The van der Waals surface area contributed by atoms with Crippen molar-refractivity contribution in [2.75, 3.05) is 20.6 Å². The lowest BCUT2D eigenvalue weighted by Gasteiger charge is -2.44. The van der Waals surface area contributed by atoms with Crippen LogP contribution in [-0.4, -0.2) is 119 Å². The molecule has 6 N–H and O–H groups in total. The molecule has 8 rings (SSSR count). The molecule has 16 nitrogen and oxygen atoms in total. The zero-order valence-corrected chi connectivity index (χ0v) is 47.9. The van der Waals surface area contributed by atoms with Gasteiger partial charge >= 0.3 is 0 Å². The third kappa shape index (κ3) is 13.2. The number of hydrogen-bond acceptors (Lipinski definition) is 9. The zero-order chi connectivity index (χ0) is 56.9. The molecule has 79 heavy (non-hydrogen) atoms. The maximum Gasteiger partial charge on any atom is 0.251 e. The van der Waals surface area contributed by atoms with Crippen molar-refractivity contribution in [2.45, 2.75) is 174 Å². The molecule has 4 aromatic carbocycles. The number of fused-ring (bicyclic) bond motifs is 3. The van der Waals surface area contributed by atoms with E-state index in [1.165, 1.54) is 16.0 Å². The predicted octanol–water partition coefficient (Wildman–Crippen LogP) is 6.22. The minimum absolute atomic E-state index is 0.0507. The van der Waals surface area contributed by atoms with E-state index in [1.54, 1.807) is 45.0 Å². The second-order valence-corrected chi connectivity index (χ2v) is 24.4. The first-order chi connectivity index (χ1) is 37.6. The third-order valence-corrected chi connectivity index (χ3v) is 16.7. The average molecular weight is 1080 g/mol. The predicted molar refractivity (Wildman–Crippen MR) is 305 cm³/mol. The number of likely N-dealkylation sites (N-methyl/N-ethyl adjacent to an activating group) is 2. The topological polar surface area (TPSA) is 201 Å². The Morgan fingerprint density at radius 1 is 0.608 bits per heavy atom. The lowest BCUT2D eigenvalue weighted by Crippen LogP contribution is -2.62. The van der Waals surface area contributed by atoms with Gasteiger partial charge in [-0.2, -0.15) is 0 Å². The molecule has 0 saturated carbocycles. The molecule has 9 atom stereocenters. The van der Waals surface area contributed by atoms with Crippen LogP contribution in [0, 0.1) is 10.8 Å². The summed E-state index contributed by atoms with van der Waals surface area (Å²) in [5.41, 5.74) is 6.16. The van der Waals surface area contributed by atoms with Crippen LogP contribution in [0.5, 0.6) is 0 Å². The van der Waals surface area contributed by atoms with Crippen LogP contribution in [0.2, 0.25) is 0 Å². The fourth-order valence-corrected chi connectivity index (χ4v) is 11.8. The summed E-state index contributed by atoms with van der Waals surface area (Å²) in [5.74, 6) is -2.29. The highest BCUT2D eigenvalue weighted by Crippen LogP contribution is 2.38. The van der Waals surface area contributed by atoms with Crippen molar-refractivity contribution < 1.29 is 33.6 Å². The molecule has 2 aliphatic carbocycles. The van der Waals surface area contributed by atoms with Gasteiger partial charge in [0.2, 0.25) is 35.4 Å². The van der Waals surface area contributed by atoms with Crippen molar-refractivity contribution in [3.63, 3.8) is 0 Å². The molecule has 1 fully saturated rings. The summed E-state index contributed by atoms with van der Waals surface area (Å²) in [4.78, 5) is 106. The Morgan fingerprint density at radius 3 is 1.71 bits per heavy atom. The minimum atomic E-state index is -0.963. The van der Waals surface area contributed by atoms with Crippen molar-refractivity contribution in [1.29, 1.82) is 0 Å². The molecule has 2 aliphatic heterocycles. The van der Waals surface area contributed by atoms with E-state index in [2.05, 4.69) is 50.1 Å². The van der Waals surface area contributed by atoms with Crippen LogP contribution >= 0.6 is 0 Å². The quantitative estimate of drug-likeness (QED) is 0.0754. The fraction of sp³-hybridized carbons (Fsp3) is 0.508. The Hall–Kier alpha value is -6.91. The molecule has 0 bridgehead atoms. The molecule has 1 saturated heterocycles. The Labute approximate surface area is 467 Å². The smallest absolute Gasteiger partial charge is 0.251 e. The van der Waals surface area contributed by atoms with Crippen molar-refractivity contribution >= 4 is 41.4 Å². The van der Waals surface area contributed by atoms with Crippen LogP contribution in [-0.2, 0) is 61.1 Å². The van der Waals surface area contributed by atoms with Gasteiger partial charge in [-0.1, -0.05) is 126 Å². The normalized spacial score (nSPS) is 21.4. The number of amides is 7. The summed E-state index contributed by atoms with van der Waals surface area (Å²) >= 11 is 0. The van der Waals surface area contributed by atoms with Gasteiger partial charge in [-0.3, -0.25) is 33.6 Å². The molecule has 0 spiro atoms. The molecule has 0 aromatic heterocycles. The van der Waals surface area contributed by atoms with Gasteiger partial charge in [0.05, 0.1) is 24.2 Å². The maximum atomic E-state index is 15.8. The van der Waals surface area contributed by atoms with Gasteiger partial charge in [-0.05, 0) is 135 Å². The van der Waals surface area contributed by atoms with E-state index in [9.17, 15) is 24.0 Å². The van der Waals surface area contributed by atoms with E-state index < -0.39 is 59.0 Å². The molecule has 2 heterocycles. The first-order valence-corrected chi connectivity index (χ1v) is 28.4. The Balaban J connectivity index is 1.06. The number of likely N-dealkylation sites (tertiary alicyclic amines) is 1. The van der Waals surface area contributed by atoms with Crippen LogP contribution in [0.15, 0.2) is 97.1 Å². The molecule has 4 aromatic rings. The number of carbonyl (C=O) groups is 7. The van der Waals surface area contributed by atoms with Gasteiger partial charge in [0, 0.05) is 37.7 Å². The minimum Gasteiger partial charge on any atom is -0.347 e. The number of nitrogens with zero attached hydrogens (tertiary/aromatic N) is 3. The van der Waals surface area contributed by atoms with Crippen LogP contribution in [0.25, 0.3) is 0 Å². The summed E-state index contributed by atoms with van der Waals surface area (Å²) in [7, 11) is 3.37. The van der Waals surface area contributed by atoms with Crippen LogP contribution in [0.4, 0.5) is 0 Å². The molecular formula is C63H83N9O7. The van der Waals surface area contributed by atoms with Gasteiger partial charge in [-0.15, -0.1) is 0 Å². The summed E-state index contributed by atoms with van der Waals surface area (Å²) in [6, 6.07) is 25.4. The van der Waals surface area contributed by atoms with Gasteiger partial charge < -0.3 is 46.6 Å². The average Bonchev–Trinajstić information content (AvgIpc) is 3.96. The van der Waals surface area contributed by atoms with Crippen LogP contribution < -0.4 is 31.9 Å². The van der Waals surface area contributed by atoms with Crippen molar-refractivity contribution in [3.05, 3.63) is 142 Å². The number of benzene rings is 4. The van der Waals surface area contributed by atoms with Gasteiger partial charge in [0.1, 0.15) is 24.2 Å². The highest BCUT2D eigenvalue weighted by Gasteiger charge is 2.47. The first-order valence-electron chi connectivity index (χ1n) is 28.4. The Kier molecular flexibility index (Phi) is 18.2. The maximum absolute atomic E-state index is 15.8.